The van der Waals surface area contributed by atoms with E-state index in [-0.39, 0.29) is 24.5 Å². The first-order chi connectivity index (χ1) is 7.88. The van der Waals surface area contributed by atoms with Gasteiger partial charge in [0.05, 0.1) is 6.54 Å². The van der Waals surface area contributed by atoms with Crippen LogP contribution in [0.5, 0.6) is 0 Å². The van der Waals surface area contributed by atoms with Crippen molar-refractivity contribution in [1.29, 1.82) is 5.41 Å². The lowest BCUT2D eigenvalue weighted by atomic mass is 10.1. The Morgan fingerprint density at radius 2 is 2.06 bits per heavy atom. The van der Waals surface area contributed by atoms with E-state index in [0.29, 0.717) is 5.56 Å². The summed E-state index contributed by atoms with van der Waals surface area (Å²) in [5.74, 6) is -0.777. The topological polar surface area (TPSA) is 53.1 Å². The number of benzene rings is 1. The minimum absolute atomic E-state index is 0.183. The number of nitrogen functional groups attached to an aromatic ring is 1. The zero-order valence-corrected chi connectivity index (χ0v) is 9.38. The number of nitrogens with zero attached hydrogens (tertiary/aromatic N) is 1. The summed E-state index contributed by atoms with van der Waals surface area (Å²) in [5, 5.41) is 7.20. The molecule has 0 aliphatic rings. The summed E-state index contributed by atoms with van der Waals surface area (Å²) in [7, 11) is 1.52. The lowest BCUT2D eigenvalue weighted by molar-refractivity contribution is 0.0975. The van der Waals surface area contributed by atoms with Gasteiger partial charge in [-0.3, -0.25) is 10.3 Å². The largest absolute Gasteiger partial charge is 0.384 e. The van der Waals surface area contributed by atoms with Crippen LogP contribution in [0.4, 0.5) is 13.2 Å². The molecule has 3 nitrogen and oxygen atoms in total. The predicted molar refractivity (Wildman–Crippen MR) is 59.8 cm³/mol. The number of nitrogens with two attached hydrogens (primary N) is 1. The molecule has 6 heteroatoms. The Bertz CT molecular complexity index is 407. The highest BCUT2D eigenvalue weighted by Crippen LogP contribution is 2.11. The summed E-state index contributed by atoms with van der Waals surface area (Å²) in [6.07, 6.45) is -2.43. The summed E-state index contributed by atoms with van der Waals surface area (Å²) in [5.41, 5.74) is 6.01. The first kappa shape index (κ1) is 13.5. The Balaban J connectivity index is 2.80. The second-order valence-corrected chi connectivity index (χ2v) is 3.85. The predicted octanol–water partition coefficient (Wildman–Crippen LogP) is 1.81. The highest BCUT2D eigenvalue weighted by Gasteiger charge is 2.10. The molecule has 3 N–H and O–H groups in total. The number of halogens is 3. The molecule has 0 aliphatic carbocycles. The minimum Gasteiger partial charge on any atom is -0.384 e. The SMILES string of the molecule is CN(Cc1cc(F)cc(C(=N)N)c1)CC(F)F. The van der Waals surface area contributed by atoms with Crippen LogP contribution in [0.25, 0.3) is 0 Å². The van der Waals surface area contributed by atoms with E-state index in [9.17, 15) is 13.2 Å². The van der Waals surface area contributed by atoms with Crippen LogP contribution in [0.1, 0.15) is 11.1 Å². The molecule has 0 heterocycles. The van der Waals surface area contributed by atoms with Crippen LogP contribution >= 0.6 is 0 Å². The first-order valence-corrected chi connectivity index (χ1v) is 4.99. The first-order valence-electron chi connectivity index (χ1n) is 4.99. The molecule has 0 atom stereocenters. The smallest absolute Gasteiger partial charge is 0.251 e. The molecule has 0 fully saturated rings. The summed E-state index contributed by atoms with van der Waals surface area (Å²) in [6, 6.07) is 3.90. The van der Waals surface area contributed by atoms with Gasteiger partial charge < -0.3 is 5.73 Å². The maximum absolute atomic E-state index is 13.2. The van der Waals surface area contributed by atoms with E-state index in [2.05, 4.69) is 0 Å². The van der Waals surface area contributed by atoms with Crippen molar-refractivity contribution >= 4 is 5.84 Å². The van der Waals surface area contributed by atoms with Gasteiger partial charge in [0.15, 0.2) is 0 Å². The van der Waals surface area contributed by atoms with Crippen LogP contribution in [0, 0.1) is 11.2 Å². The molecule has 1 aromatic rings. The van der Waals surface area contributed by atoms with Gasteiger partial charge in [0, 0.05) is 12.1 Å². The van der Waals surface area contributed by atoms with Crippen LogP contribution in [-0.4, -0.2) is 30.8 Å². The van der Waals surface area contributed by atoms with Crippen molar-refractivity contribution in [3.8, 4) is 0 Å². The monoisotopic (exact) mass is 245 g/mol. The van der Waals surface area contributed by atoms with Crippen LogP contribution in [0.15, 0.2) is 18.2 Å². The summed E-state index contributed by atoms with van der Waals surface area (Å²) in [6.45, 7) is -0.200. The van der Waals surface area contributed by atoms with Gasteiger partial charge in [-0.15, -0.1) is 0 Å². The third-order valence-corrected chi connectivity index (χ3v) is 2.17. The van der Waals surface area contributed by atoms with Gasteiger partial charge in [-0.1, -0.05) is 0 Å². The molecule has 0 amide bonds. The van der Waals surface area contributed by atoms with Gasteiger partial charge >= 0.3 is 0 Å². The molecule has 0 aromatic heterocycles. The lowest BCUT2D eigenvalue weighted by Crippen LogP contribution is -2.24. The maximum atomic E-state index is 13.2. The van der Waals surface area contributed by atoms with Crippen LogP contribution in [0.3, 0.4) is 0 Å². The van der Waals surface area contributed by atoms with Gasteiger partial charge in [-0.05, 0) is 30.8 Å². The van der Waals surface area contributed by atoms with Crippen LogP contribution in [0.2, 0.25) is 0 Å². The Labute approximate surface area is 97.5 Å². The van der Waals surface area contributed by atoms with Crippen molar-refractivity contribution in [2.24, 2.45) is 5.73 Å². The van der Waals surface area contributed by atoms with Crippen molar-refractivity contribution in [3.63, 3.8) is 0 Å². The second-order valence-electron chi connectivity index (χ2n) is 3.85. The minimum atomic E-state index is -2.43. The van der Waals surface area contributed by atoms with Crippen molar-refractivity contribution in [3.05, 3.63) is 35.1 Å². The lowest BCUT2D eigenvalue weighted by Gasteiger charge is -2.16. The molecule has 0 unspecified atom stereocenters. The number of hydrogen-bond donors (Lipinski definition) is 2. The van der Waals surface area contributed by atoms with Gasteiger partial charge in [-0.2, -0.15) is 0 Å². The fraction of sp³-hybridized carbons (Fsp3) is 0.364. The fourth-order valence-electron chi connectivity index (χ4n) is 1.51. The normalized spacial score (nSPS) is 11.2. The van der Waals surface area contributed by atoms with E-state index in [0.717, 1.165) is 6.07 Å². The zero-order chi connectivity index (χ0) is 13.0. The molecular formula is C11H14F3N3. The number of alkyl halides is 2. The van der Waals surface area contributed by atoms with Crippen molar-refractivity contribution in [1.82, 2.24) is 4.90 Å². The number of amidine groups is 1. The van der Waals surface area contributed by atoms with E-state index in [1.807, 2.05) is 0 Å². The highest BCUT2D eigenvalue weighted by molar-refractivity contribution is 5.95. The molecule has 17 heavy (non-hydrogen) atoms. The van der Waals surface area contributed by atoms with Crippen molar-refractivity contribution < 1.29 is 13.2 Å². The van der Waals surface area contributed by atoms with Crippen molar-refractivity contribution in [2.45, 2.75) is 13.0 Å². The van der Waals surface area contributed by atoms with Gasteiger partial charge in [-0.25, -0.2) is 13.2 Å². The number of hydrogen-bond acceptors (Lipinski definition) is 2. The van der Waals surface area contributed by atoms with E-state index in [1.165, 1.54) is 24.1 Å². The number of rotatable bonds is 5. The van der Waals surface area contributed by atoms with E-state index < -0.39 is 12.2 Å². The second kappa shape index (κ2) is 5.67. The Hall–Kier alpha value is -1.56. The third-order valence-electron chi connectivity index (χ3n) is 2.17. The molecule has 0 bridgehead atoms. The molecule has 1 rings (SSSR count). The Morgan fingerprint density at radius 1 is 1.41 bits per heavy atom. The molecule has 0 saturated heterocycles. The summed E-state index contributed by atoms with van der Waals surface area (Å²) >= 11 is 0. The van der Waals surface area contributed by atoms with E-state index in [4.69, 9.17) is 11.1 Å². The quantitative estimate of drug-likeness (QED) is 0.614. The van der Waals surface area contributed by atoms with Gasteiger partial charge in [0.25, 0.3) is 6.43 Å². The standard InChI is InChI=1S/C11H14F3N3/c1-17(6-10(13)14)5-7-2-8(11(15)16)4-9(12)3-7/h2-4,10H,5-6H2,1H3,(H3,15,16). The fourth-order valence-corrected chi connectivity index (χ4v) is 1.51. The molecule has 1 aromatic carbocycles. The molecule has 0 spiro atoms. The van der Waals surface area contributed by atoms with Gasteiger partial charge in [0.2, 0.25) is 0 Å². The van der Waals surface area contributed by atoms with Crippen LogP contribution in [-0.2, 0) is 6.54 Å². The van der Waals surface area contributed by atoms with E-state index in [1.54, 1.807) is 0 Å². The van der Waals surface area contributed by atoms with Gasteiger partial charge in [0.1, 0.15) is 11.7 Å². The average molecular weight is 245 g/mol. The molecule has 0 aliphatic heterocycles. The molecule has 0 radical (unpaired) electrons. The maximum Gasteiger partial charge on any atom is 0.251 e. The Morgan fingerprint density at radius 3 is 2.59 bits per heavy atom. The number of nitrogens with one attached hydrogen (secondary N) is 1. The van der Waals surface area contributed by atoms with Crippen LogP contribution < -0.4 is 5.73 Å². The highest BCUT2D eigenvalue weighted by atomic mass is 19.3. The average Bonchev–Trinajstić information content (AvgIpc) is 2.14. The molecular weight excluding hydrogens is 231 g/mol. The molecule has 94 valence electrons. The summed E-state index contributed by atoms with van der Waals surface area (Å²) < 4.78 is 37.4. The third kappa shape index (κ3) is 4.44. The zero-order valence-electron chi connectivity index (χ0n) is 9.38. The van der Waals surface area contributed by atoms with E-state index >= 15 is 0 Å². The summed E-state index contributed by atoms with van der Waals surface area (Å²) in [4.78, 5) is 1.38. The van der Waals surface area contributed by atoms with Crippen molar-refractivity contribution in [2.75, 3.05) is 13.6 Å². The molecule has 0 saturated carbocycles. The Kier molecular flexibility index (Phi) is 4.51.